The number of rotatable bonds is 4. The summed E-state index contributed by atoms with van der Waals surface area (Å²) in [5.41, 5.74) is 0.909. The van der Waals surface area contributed by atoms with Gasteiger partial charge in [0.15, 0.2) is 0 Å². The molecule has 3 rings (SSSR count). The number of nitrogens with zero attached hydrogens (tertiary/aromatic N) is 1. The smallest absolute Gasteiger partial charge is 0.244 e. The third kappa shape index (κ3) is 3.67. The van der Waals surface area contributed by atoms with Gasteiger partial charge < -0.3 is 9.47 Å². The van der Waals surface area contributed by atoms with E-state index in [9.17, 15) is 8.42 Å². The van der Waals surface area contributed by atoms with Crippen molar-refractivity contribution in [2.24, 2.45) is 0 Å². The van der Waals surface area contributed by atoms with Crippen molar-refractivity contribution in [1.82, 2.24) is 4.31 Å². The van der Waals surface area contributed by atoms with Crippen LogP contribution in [0.25, 0.3) is 0 Å². The molecular formula is C18H20ClNO4S. The molecule has 0 saturated carbocycles. The van der Waals surface area contributed by atoms with Gasteiger partial charge in [-0.2, -0.15) is 4.31 Å². The Balaban J connectivity index is 1.89. The summed E-state index contributed by atoms with van der Waals surface area (Å²) in [6, 6.07) is 13.7. The number of benzene rings is 2. The summed E-state index contributed by atoms with van der Waals surface area (Å²) >= 11 is 6.11. The van der Waals surface area contributed by atoms with E-state index in [4.69, 9.17) is 21.1 Å². The van der Waals surface area contributed by atoms with Crippen LogP contribution in [0.3, 0.4) is 0 Å². The van der Waals surface area contributed by atoms with E-state index in [-0.39, 0.29) is 28.6 Å². The Bertz CT molecular complexity index is 838. The molecule has 2 aromatic rings. The van der Waals surface area contributed by atoms with Gasteiger partial charge in [-0.05, 0) is 36.8 Å². The van der Waals surface area contributed by atoms with E-state index in [1.807, 2.05) is 31.2 Å². The quantitative estimate of drug-likeness (QED) is 0.813. The van der Waals surface area contributed by atoms with Gasteiger partial charge in [0.1, 0.15) is 10.6 Å². The summed E-state index contributed by atoms with van der Waals surface area (Å²) in [7, 11) is -2.10. The molecule has 2 atom stereocenters. The summed E-state index contributed by atoms with van der Waals surface area (Å²) in [6.07, 6.45) is -0.334. The van der Waals surface area contributed by atoms with Gasteiger partial charge in [-0.15, -0.1) is 0 Å². The van der Waals surface area contributed by atoms with Crippen LogP contribution in [0, 0.1) is 0 Å². The minimum atomic E-state index is -3.70. The van der Waals surface area contributed by atoms with Crippen molar-refractivity contribution in [3.63, 3.8) is 0 Å². The highest BCUT2D eigenvalue weighted by Gasteiger charge is 2.36. The first-order chi connectivity index (χ1) is 11.9. The van der Waals surface area contributed by atoms with Crippen molar-refractivity contribution in [1.29, 1.82) is 0 Å². The molecule has 0 aromatic heterocycles. The van der Waals surface area contributed by atoms with Gasteiger partial charge in [0, 0.05) is 12.6 Å². The number of sulfonamides is 1. The highest BCUT2D eigenvalue weighted by atomic mass is 35.5. The Morgan fingerprint density at radius 1 is 1.16 bits per heavy atom. The largest absolute Gasteiger partial charge is 0.497 e. The molecule has 7 heteroatoms. The number of morpholine rings is 1. The third-order valence-corrected chi connectivity index (χ3v) is 6.77. The minimum Gasteiger partial charge on any atom is -0.497 e. The number of methoxy groups -OCH3 is 1. The number of ether oxygens (including phenoxy) is 2. The second-order valence-electron chi connectivity index (χ2n) is 5.95. The molecule has 2 unspecified atom stereocenters. The Morgan fingerprint density at radius 2 is 1.84 bits per heavy atom. The predicted molar refractivity (Wildman–Crippen MR) is 96.5 cm³/mol. The van der Waals surface area contributed by atoms with Crippen molar-refractivity contribution in [2.45, 2.75) is 24.0 Å². The van der Waals surface area contributed by atoms with Crippen LogP contribution in [0.4, 0.5) is 0 Å². The molecule has 5 nitrogen and oxygen atoms in total. The lowest BCUT2D eigenvalue weighted by atomic mass is 10.1. The Hall–Kier alpha value is -1.60. The average molecular weight is 382 g/mol. The van der Waals surface area contributed by atoms with Crippen LogP contribution in [0.15, 0.2) is 53.4 Å². The van der Waals surface area contributed by atoms with Crippen LogP contribution >= 0.6 is 11.6 Å². The zero-order chi connectivity index (χ0) is 18.0. The van der Waals surface area contributed by atoms with E-state index >= 15 is 0 Å². The number of hydrogen-bond acceptors (Lipinski definition) is 4. The van der Waals surface area contributed by atoms with Crippen molar-refractivity contribution in [3.05, 3.63) is 59.1 Å². The van der Waals surface area contributed by atoms with Gasteiger partial charge in [0.25, 0.3) is 0 Å². The van der Waals surface area contributed by atoms with E-state index in [1.165, 1.54) is 10.4 Å². The average Bonchev–Trinajstić information content (AvgIpc) is 2.62. The van der Waals surface area contributed by atoms with E-state index in [2.05, 4.69) is 0 Å². The lowest BCUT2D eigenvalue weighted by Gasteiger charge is -2.37. The molecule has 0 amide bonds. The van der Waals surface area contributed by atoms with Crippen LogP contribution in [-0.2, 0) is 14.8 Å². The molecule has 0 radical (unpaired) electrons. The standard InChI is InChI=1S/C18H20ClNO4S/c1-13-12-24-17(14-7-9-15(23-2)10-8-14)11-20(13)25(21,22)18-6-4-3-5-16(18)19/h3-10,13,17H,11-12H2,1-2H3. The Morgan fingerprint density at radius 3 is 2.48 bits per heavy atom. The summed E-state index contributed by atoms with van der Waals surface area (Å²) in [6.45, 7) is 2.39. The molecule has 1 fully saturated rings. The van der Waals surface area contributed by atoms with Gasteiger partial charge in [-0.1, -0.05) is 35.9 Å². The molecule has 25 heavy (non-hydrogen) atoms. The Labute approximate surface area is 153 Å². The van der Waals surface area contributed by atoms with E-state index < -0.39 is 10.0 Å². The fourth-order valence-corrected chi connectivity index (χ4v) is 4.98. The highest BCUT2D eigenvalue weighted by molar-refractivity contribution is 7.89. The van der Waals surface area contributed by atoms with E-state index in [0.717, 1.165) is 11.3 Å². The first-order valence-electron chi connectivity index (χ1n) is 7.95. The molecule has 2 aromatic carbocycles. The third-order valence-electron chi connectivity index (χ3n) is 4.29. The fraction of sp³-hybridized carbons (Fsp3) is 0.333. The zero-order valence-electron chi connectivity index (χ0n) is 14.1. The highest BCUT2D eigenvalue weighted by Crippen LogP contribution is 2.32. The monoisotopic (exact) mass is 381 g/mol. The van der Waals surface area contributed by atoms with Crippen molar-refractivity contribution in [3.8, 4) is 5.75 Å². The molecule has 0 aliphatic carbocycles. The van der Waals surface area contributed by atoms with Crippen molar-refractivity contribution < 1.29 is 17.9 Å². The van der Waals surface area contributed by atoms with E-state index in [1.54, 1.807) is 25.3 Å². The number of halogens is 1. The zero-order valence-corrected chi connectivity index (χ0v) is 15.6. The first kappa shape index (κ1) is 18.2. The summed E-state index contributed by atoms with van der Waals surface area (Å²) in [5.74, 6) is 0.744. The van der Waals surface area contributed by atoms with Crippen molar-refractivity contribution in [2.75, 3.05) is 20.3 Å². The summed E-state index contributed by atoms with van der Waals surface area (Å²) in [4.78, 5) is 0.124. The minimum absolute atomic E-state index is 0.124. The second kappa shape index (κ2) is 7.33. The van der Waals surface area contributed by atoms with Crippen LogP contribution in [0.5, 0.6) is 5.75 Å². The van der Waals surface area contributed by atoms with Gasteiger partial charge in [0.05, 0.1) is 24.8 Å². The lowest BCUT2D eigenvalue weighted by molar-refractivity contribution is -0.0288. The van der Waals surface area contributed by atoms with Crippen molar-refractivity contribution >= 4 is 21.6 Å². The molecule has 1 aliphatic heterocycles. The van der Waals surface area contributed by atoms with E-state index in [0.29, 0.717) is 6.61 Å². The molecule has 0 bridgehead atoms. The lowest BCUT2D eigenvalue weighted by Crippen LogP contribution is -2.48. The molecule has 1 aliphatic rings. The molecule has 0 N–H and O–H groups in total. The topological polar surface area (TPSA) is 55.8 Å². The van der Waals surface area contributed by atoms with Gasteiger partial charge in [0.2, 0.25) is 10.0 Å². The van der Waals surface area contributed by atoms with Crippen LogP contribution in [0.2, 0.25) is 5.02 Å². The molecule has 134 valence electrons. The number of hydrogen-bond donors (Lipinski definition) is 0. The normalized spacial score (nSPS) is 21.9. The van der Waals surface area contributed by atoms with Crippen LogP contribution in [0.1, 0.15) is 18.6 Å². The SMILES string of the molecule is COc1ccc(C2CN(S(=O)(=O)c3ccccc3Cl)C(C)CO2)cc1. The summed E-state index contributed by atoms with van der Waals surface area (Å²) < 4.78 is 38.6. The summed E-state index contributed by atoms with van der Waals surface area (Å²) in [5, 5.41) is 0.224. The maximum atomic E-state index is 13.1. The van der Waals surface area contributed by atoms with Gasteiger partial charge in [-0.3, -0.25) is 0 Å². The molecule has 1 heterocycles. The first-order valence-corrected chi connectivity index (χ1v) is 9.77. The fourth-order valence-electron chi connectivity index (χ4n) is 2.87. The maximum absolute atomic E-state index is 13.1. The Kier molecular flexibility index (Phi) is 5.34. The molecule has 1 saturated heterocycles. The predicted octanol–water partition coefficient (Wildman–Crippen LogP) is 3.50. The second-order valence-corrected chi connectivity index (χ2v) is 8.22. The van der Waals surface area contributed by atoms with Crippen LogP contribution < -0.4 is 4.74 Å². The maximum Gasteiger partial charge on any atom is 0.244 e. The van der Waals surface area contributed by atoms with Gasteiger partial charge in [-0.25, -0.2) is 8.42 Å². The van der Waals surface area contributed by atoms with Gasteiger partial charge >= 0.3 is 0 Å². The molecule has 0 spiro atoms. The molecular weight excluding hydrogens is 362 g/mol. The van der Waals surface area contributed by atoms with Crippen LogP contribution in [-0.4, -0.2) is 39.0 Å².